The average molecular weight is 381 g/mol. The van der Waals surface area contributed by atoms with Crippen molar-refractivity contribution in [1.29, 1.82) is 5.26 Å². The van der Waals surface area contributed by atoms with E-state index in [1.807, 2.05) is 37.3 Å². The molecule has 0 saturated carbocycles. The SMILES string of the molecule is Cc1oc(NC(=O)C(C)N2CCC(C(O)c3ccccc3)CC2)c(C#N)c1C. The van der Waals surface area contributed by atoms with Crippen molar-refractivity contribution in [3.8, 4) is 6.07 Å². The number of anilines is 1. The summed E-state index contributed by atoms with van der Waals surface area (Å²) in [6.07, 6.45) is 1.19. The van der Waals surface area contributed by atoms with Crippen molar-refractivity contribution in [2.75, 3.05) is 18.4 Å². The first-order valence-electron chi connectivity index (χ1n) is 9.70. The minimum absolute atomic E-state index is 0.188. The average Bonchev–Trinajstić information content (AvgIpc) is 3.00. The molecule has 0 aliphatic carbocycles. The predicted molar refractivity (Wildman–Crippen MR) is 107 cm³/mol. The van der Waals surface area contributed by atoms with Crippen LogP contribution < -0.4 is 5.32 Å². The molecule has 1 fully saturated rings. The number of aryl methyl sites for hydroxylation is 1. The third-order valence-electron chi connectivity index (χ3n) is 5.82. The number of nitrogens with zero attached hydrogens (tertiary/aromatic N) is 2. The molecule has 1 aliphatic rings. The highest BCUT2D eigenvalue weighted by atomic mass is 16.4. The monoisotopic (exact) mass is 381 g/mol. The van der Waals surface area contributed by atoms with E-state index < -0.39 is 6.10 Å². The van der Waals surface area contributed by atoms with Crippen LogP contribution >= 0.6 is 0 Å². The fourth-order valence-electron chi connectivity index (χ4n) is 3.78. The van der Waals surface area contributed by atoms with Gasteiger partial charge in [-0.15, -0.1) is 0 Å². The van der Waals surface area contributed by atoms with Gasteiger partial charge in [-0.1, -0.05) is 30.3 Å². The second-order valence-electron chi connectivity index (χ2n) is 7.49. The number of likely N-dealkylation sites (tertiary alicyclic amines) is 1. The molecule has 6 nitrogen and oxygen atoms in total. The van der Waals surface area contributed by atoms with Crippen LogP contribution in [0.1, 0.15) is 48.3 Å². The first-order valence-corrected chi connectivity index (χ1v) is 9.70. The summed E-state index contributed by atoms with van der Waals surface area (Å²) in [5.74, 6) is 0.862. The quantitative estimate of drug-likeness (QED) is 0.827. The summed E-state index contributed by atoms with van der Waals surface area (Å²) < 4.78 is 5.54. The van der Waals surface area contributed by atoms with Gasteiger partial charge in [0.2, 0.25) is 11.8 Å². The summed E-state index contributed by atoms with van der Waals surface area (Å²) in [6.45, 7) is 6.92. The minimum atomic E-state index is -0.472. The smallest absolute Gasteiger partial charge is 0.243 e. The molecule has 1 aromatic heterocycles. The zero-order valence-electron chi connectivity index (χ0n) is 16.6. The number of piperidine rings is 1. The van der Waals surface area contributed by atoms with E-state index in [4.69, 9.17) is 4.42 Å². The molecule has 2 heterocycles. The minimum Gasteiger partial charge on any atom is -0.444 e. The zero-order chi connectivity index (χ0) is 20.3. The summed E-state index contributed by atoms with van der Waals surface area (Å²) >= 11 is 0. The van der Waals surface area contributed by atoms with Crippen LogP contribution in [0.3, 0.4) is 0 Å². The van der Waals surface area contributed by atoms with Gasteiger partial charge in [0.05, 0.1) is 12.1 Å². The molecule has 2 atom stereocenters. The van der Waals surface area contributed by atoms with Crippen LogP contribution in [0.4, 0.5) is 5.88 Å². The molecular formula is C22H27N3O3. The van der Waals surface area contributed by atoms with Gasteiger partial charge in [0.1, 0.15) is 17.4 Å². The third-order valence-corrected chi connectivity index (χ3v) is 5.82. The van der Waals surface area contributed by atoms with Crippen LogP contribution in [0.25, 0.3) is 0 Å². The molecule has 0 spiro atoms. The summed E-state index contributed by atoms with van der Waals surface area (Å²) in [6, 6.07) is 11.5. The van der Waals surface area contributed by atoms with E-state index in [-0.39, 0.29) is 23.8 Å². The molecule has 0 radical (unpaired) electrons. The number of carbonyl (C=O) groups is 1. The molecule has 2 N–H and O–H groups in total. The van der Waals surface area contributed by atoms with Gasteiger partial charge in [-0.3, -0.25) is 15.0 Å². The molecule has 1 aliphatic heterocycles. The van der Waals surface area contributed by atoms with Gasteiger partial charge < -0.3 is 9.52 Å². The van der Waals surface area contributed by atoms with Crippen LogP contribution in [-0.2, 0) is 4.79 Å². The number of carbonyl (C=O) groups excluding carboxylic acids is 1. The van der Waals surface area contributed by atoms with E-state index in [0.29, 0.717) is 11.3 Å². The van der Waals surface area contributed by atoms with Crippen molar-refractivity contribution in [3.63, 3.8) is 0 Å². The van der Waals surface area contributed by atoms with Gasteiger partial charge in [0, 0.05) is 5.56 Å². The lowest BCUT2D eigenvalue weighted by Crippen LogP contribution is -2.46. The Hall–Kier alpha value is -2.62. The zero-order valence-corrected chi connectivity index (χ0v) is 16.6. The lowest BCUT2D eigenvalue weighted by molar-refractivity contribution is -0.121. The van der Waals surface area contributed by atoms with E-state index in [0.717, 1.165) is 37.1 Å². The number of aliphatic hydroxyl groups is 1. The largest absolute Gasteiger partial charge is 0.444 e. The molecule has 1 amide bonds. The van der Waals surface area contributed by atoms with Crippen molar-refractivity contribution < 1.29 is 14.3 Å². The van der Waals surface area contributed by atoms with Crippen LogP contribution in [0.5, 0.6) is 0 Å². The van der Waals surface area contributed by atoms with Crippen LogP contribution in [0, 0.1) is 31.1 Å². The maximum Gasteiger partial charge on any atom is 0.243 e. The molecule has 1 aromatic carbocycles. The molecule has 6 heteroatoms. The Morgan fingerprint density at radius 2 is 1.93 bits per heavy atom. The summed E-state index contributed by atoms with van der Waals surface area (Å²) in [5, 5.41) is 22.7. The highest BCUT2D eigenvalue weighted by Crippen LogP contribution is 2.31. The van der Waals surface area contributed by atoms with E-state index in [2.05, 4.69) is 16.3 Å². The van der Waals surface area contributed by atoms with E-state index in [1.54, 1.807) is 13.8 Å². The van der Waals surface area contributed by atoms with Gasteiger partial charge in [-0.25, -0.2) is 0 Å². The Balaban J connectivity index is 1.58. The van der Waals surface area contributed by atoms with Crippen LogP contribution in [0.15, 0.2) is 34.7 Å². The second-order valence-corrected chi connectivity index (χ2v) is 7.49. The standard InChI is InChI=1S/C22H27N3O3/c1-14-16(3)28-22(19(14)13-23)24-21(27)15(2)25-11-9-18(10-12-25)20(26)17-7-5-4-6-8-17/h4-8,15,18,20,26H,9-12H2,1-3H3,(H,24,27). The molecule has 0 bridgehead atoms. The lowest BCUT2D eigenvalue weighted by Gasteiger charge is -2.37. The fraction of sp³-hybridized carbons (Fsp3) is 0.455. The number of hydrogen-bond acceptors (Lipinski definition) is 5. The molecule has 2 aromatic rings. The number of amides is 1. The van der Waals surface area contributed by atoms with Crippen LogP contribution in [0.2, 0.25) is 0 Å². The molecule has 2 unspecified atom stereocenters. The van der Waals surface area contributed by atoms with Gasteiger partial charge in [0.25, 0.3) is 0 Å². The number of rotatable bonds is 5. The highest BCUT2D eigenvalue weighted by molar-refractivity contribution is 5.94. The van der Waals surface area contributed by atoms with E-state index >= 15 is 0 Å². The van der Waals surface area contributed by atoms with Crippen molar-refractivity contribution in [2.45, 2.75) is 45.8 Å². The maximum absolute atomic E-state index is 12.7. The number of nitrogens with one attached hydrogen (secondary N) is 1. The Morgan fingerprint density at radius 1 is 1.29 bits per heavy atom. The summed E-state index contributed by atoms with van der Waals surface area (Å²) in [4.78, 5) is 14.8. The van der Waals surface area contributed by atoms with E-state index in [9.17, 15) is 15.2 Å². The first kappa shape index (κ1) is 20.1. The number of hydrogen-bond donors (Lipinski definition) is 2. The van der Waals surface area contributed by atoms with E-state index in [1.165, 1.54) is 0 Å². The predicted octanol–water partition coefficient (Wildman–Crippen LogP) is 3.54. The Kier molecular flexibility index (Phi) is 6.18. The molecule has 28 heavy (non-hydrogen) atoms. The normalized spacial score (nSPS) is 17.7. The number of aliphatic hydroxyl groups excluding tert-OH is 1. The number of benzene rings is 1. The Bertz CT molecular complexity index is 861. The molecular weight excluding hydrogens is 354 g/mol. The molecule has 148 valence electrons. The van der Waals surface area contributed by atoms with Crippen molar-refractivity contribution >= 4 is 11.8 Å². The van der Waals surface area contributed by atoms with Gasteiger partial charge in [-0.2, -0.15) is 5.26 Å². The maximum atomic E-state index is 12.7. The number of nitriles is 1. The van der Waals surface area contributed by atoms with Crippen molar-refractivity contribution in [1.82, 2.24) is 4.90 Å². The van der Waals surface area contributed by atoms with Gasteiger partial charge >= 0.3 is 0 Å². The topological polar surface area (TPSA) is 89.5 Å². The molecule has 1 saturated heterocycles. The van der Waals surface area contributed by atoms with Crippen LogP contribution in [-0.4, -0.2) is 35.0 Å². The first-order chi connectivity index (χ1) is 13.4. The second kappa shape index (κ2) is 8.59. The fourth-order valence-corrected chi connectivity index (χ4v) is 3.78. The Morgan fingerprint density at radius 3 is 2.54 bits per heavy atom. The summed E-state index contributed by atoms with van der Waals surface area (Å²) in [5.41, 5.74) is 2.07. The highest BCUT2D eigenvalue weighted by Gasteiger charge is 2.31. The molecule has 3 rings (SSSR count). The Labute approximate surface area is 165 Å². The van der Waals surface area contributed by atoms with Gasteiger partial charge in [-0.05, 0) is 58.2 Å². The third kappa shape index (κ3) is 4.11. The summed E-state index contributed by atoms with van der Waals surface area (Å²) in [7, 11) is 0. The van der Waals surface area contributed by atoms with Gasteiger partial charge in [0.15, 0.2) is 0 Å². The number of furan rings is 1. The van der Waals surface area contributed by atoms with Crippen molar-refractivity contribution in [3.05, 3.63) is 52.8 Å². The van der Waals surface area contributed by atoms with Crippen molar-refractivity contribution in [2.24, 2.45) is 5.92 Å². The lowest BCUT2D eigenvalue weighted by atomic mass is 9.87.